The van der Waals surface area contributed by atoms with Crippen molar-refractivity contribution < 1.29 is 14.3 Å². The first-order valence-electron chi connectivity index (χ1n) is 10.7. The van der Waals surface area contributed by atoms with E-state index in [-0.39, 0.29) is 24.3 Å². The zero-order valence-electron chi connectivity index (χ0n) is 19.4. The summed E-state index contributed by atoms with van der Waals surface area (Å²) in [6, 6.07) is 7.60. The maximum absolute atomic E-state index is 11.9. The lowest BCUT2D eigenvalue weighted by molar-refractivity contribution is -0.130. The van der Waals surface area contributed by atoms with Crippen molar-refractivity contribution in [3.63, 3.8) is 0 Å². The van der Waals surface area contributed by atoms with Gasteiger partial charge in [-0.15, -0.1) is 6.58 Å². The van der Waals surface area contributed by atoms with E-state index in [4.69, 9.17) is 4.74 Å². The summed E-state index contributed by atoms with van der Waals surface area (Å²) in [6.07, 6.45) is 6.39. The van der Waals surface area contributed by atoms with Gasteiger partial charge in [0, 0.05) is 44.5 Å². The van der Waals surface area contributed by atoms with E-state index in [9.17, 15) is 14.9 Å². The van der Waals surface area contributed by atoms with E-state index in [0.29, 0.717) is 41.3 Å². The highest BCUT2D eigenvalue weighted by molar-refractivity contribution is 5.85. The Morgan fingerprint density at radius 3 is 2.76 bits per heavy atom. The highest BCUT2D eigenvalue weighted by Crippen LogP contribution is 2.31. The van der Waals surface area contributed by atoms with Gasteiger partial charge in [0.05, 0.1) is 29.4 Å². The van der Waals surface area contributed by atoms with Gasteiger partial charge in [0.15, 0.2) is 6.61 Å². The summed E-state index contributed by atoms with van der Waals surface area (Å²) in [5, 5.41) is 19.7. The number of ether oxygens (including phenoxy) is 1. The minimum atomic E-state index is -0.239. The fourth-order valence-electron chi connectivity index (χ4n) is 3.05. The highest BCUT2D eigenvalue weighted by atomic mass is 16.5. The summed E-state index contributed by atoms with van der Waals surface area (Å²) in [6.45, 7) is 6.24. The molecule has 1 atom stereocenters. The van der Waals surface area contributed by atoms with Crippen molar-refractivity contribution in [2.75, 3.05) is 39.1 Å². The molecule has 1 unspecified atom stereocenters. The Bertz CT molecular complexity index is 1230. The Hall–Kier alpha value is -4.39. The van der Waals surface area contributed by atoms with E-state index in [1.54, 1.807) is 50.1 Å². The summed E-state index contributed by atoms with van der Waals surface area (Å²) < 4.78 is 7.23. The Balaban J connectivity index is 1.77. The van der Waals surface area contributed by atoms with Crippen molar-refractivity contribution >= 4 is 23.1 Å². The molecule has 2 N–H and O–H groups in total. The molecule has 10 heteroatoms. The molecule has 176 valence electrons. The van der Waals surface area contributed by atoms with Crippen molar-refractivity contribution in [1.29, 1.82) is 5.26 Å². The average Bonchev–Trinajstić information content (AvgIpc) is 3.27. The maximum Gasteiger partial charge on any atom is 0.259 e. The van der Waals surface area contributed by atoms with Gasteiger partial charge in [-0.1, -0.05) is 13.0 Å². The summed E-state index contributed by atoms with van der Waals surface area (Å²) >= 11 is 0. The van der Waals surface area contributed by atoms with Crippen LogP contribution in [0.3, 0.4) is 0 Å². The van der Waals surface area contributed by atoms with Gasteiger partial charge in [-0.3, -0.25) is 9.59 Å². The number of anilines is 1. The third kappa shape index (κ3) is 5.69. The van der Waals surface area contributed by atoms with E-state index < -0.39 is 0 Å². The Labute approximate surface area is 197 Å². The van der Waals surface area contributed by atoms with Crippen molar-refractivity contribution in [1.82, 2.24) is 24.8 Å². The SMILES string of the molecule is C=CC(C)C(=O)NCCNc1ccc(-c2cc(OCC(=O)N(C)C)cn3ncc(C#N)c23)cn1. The summed E-state index contributed by atoms with van der Waals surface area (Å²) in [4.78, 5) is 29.6. The van der Waals surface area contributed by atoms with Crippen LogP contribution >= 0.6 is 0 Å². The van der Waals surface area contributed by atoms with Crippen LogP contribution in [-0.2, 0) is 9.59 Å². The number of fused-ring (bicyclic) bond motifs is 1. The molecule has 0 saturated heterocycles. The lowest BCUT2D eigenvalue weighted by atomic mass is 10.1. The Morgan fingerprint density at radius 2 is 2.12 bits per heavy atom. The molecule has 0 aliphatic carbocycles. The van der Waals surface area contributed by atoms with Gasteiger partial charge in [-0.2, -0.15) is 10.4 Å². The summed E-state index contributed by atoms with van der Waals surface area (Å²) in [5.74, 6) is 0.595. The Kier molecular flexibility index (Phi) is 7.82. The molecular formula is C24H27N7O3. The number of aromatic nitrogens is 3. The van der Waals surface area contributed by atoms with Crippen LogP contribution in [0.1, 0.15) is 12.5 Å². The number of hydrogen-bond donors (Lipinski definition) is 2. The van der Waals surface area contributed by atoms with Gasteiger partial charge in [0.1, 0.15) is 17.6 Å². The largest absolute Gasteiger partial charge is 0.482 e. The number of nitriles is 1. The smallest absolute Gasteiger partial charge is 0.259 e. The molecule has 0 spiro atoms. The van der Waals surface area contributed by atoms with Crippen LogP contribution in [0.15, 0.2) is 49.4 Å². The lowest BCUT2D eigenvalue weighted by Crippen LogP contribution is -2.32. The fraction of sp³-hybridized carbons (Fsp3) is 0.292. The van der Waals surface area contributed by atoms with Crippen LogP contribution in [0.4, 0.5) is 5.82 Å². The van der Waals surface area contributed by atoms with Crippen molar-refractivity contribution in [2.45, 2.75) is 6.92 Å². The number of likely N-dealkylation sites (N-methyl/N-ethyl adjacent to an activating group) is 1. The van der Waals surface area contributed by atoms with Crippen molar-refractivity contribution in [3.8, 4) is 22.9 Å². The number of nitrogens with zero attached hydrogens (tertiary/aromatic N) is 5. The van der Waals surface area contributed by atoms with Crippen LogP contribution < -0.4 is 15.4 Å². The zero-order chi connectivity index (χ0) is 24.7. The van der Waals surface area contributed by atoms with E-state index in [1.165, 1.54) is 11.1 Å². The predicted octanol–water partition coefficient (Wildman–Crippen LogP) is 2.09. The first-order valence-corrected chi connectivity index (χ1v) is 10.7. The van der Waals surface area contributed by atoms with E-state index in [0.717, 1.165) is 5.56 Å². The van der Waals surface area contributed by atoms with Gasteiger partial charge < -0.3 is 20.3 Å². The molecule has 0 aliphatic rings. The monoisotopic (exact) mass is 461 g/mol. The first kappa shape index (κ1) is 24.3. The normalized spacial score (nSPS) is 11.4. The molecule has 0 saturated carbocycles. The number of carbonyl (C=O) groups is 2. The second kappa shape index (κ2) is 11.0. The lowest BCUT2D eigenvalue weighted by Gasteiger charge is -2.13. The van der Waals surface area contributed by atoms with Crippen LogP contribution in [0.2, 0.25) is 0 Å². The molecule has 2 amide bonds. The third-order valence-corrected chi connectivity index (χ3v) is 5.14. The van der Waals surface area contributed by atoms with Crippen LogP contribution in [0.25, 0.3) is 16.6 Å². The van der Waals surface area contributed by atoms with E-state index in [2.05, 4.69) is 33.4 Å². The van der Waals surface area contributed by atoms with E-state index in [1.807, 2.05) is 12.1 Å². The molecule has 0 aromatic carbocycles. The van der Waals surface area contributed by atoms with Crippen LogP contribution in [0.5, 0.6) is 5.75 Å². The standard InChI is InChI=1S/C24H27N7O3/c1-5-16(2)24(33)27-9-8-26-21-7-6-17(12-28-21)20-10-19(34-15-22(32)30(3)4)14-31-23(20)18(11-25)13-29-31/h5-7,10,12-14,16H,1,8-9,15H2,2-4H3,(H,26,28)(H,27,33). The molecule has 3 aromatic heterocycles. The number of amides is 2. The molecule has 0 aliphatic heterocycles. The van der Waals surface area contributed by atoms with Crippen LogP contribution in [0, 0.1) is 17.2 Å². The topological polar surface area (TPSA) is 125 Å². The predicted molar refractivity (Wildman–Crippen MR) is 128 cm³/mol. The number of hydrogen-bond acceptors (Lipinski definition) is 7. The third-order valence-electron chi connectivity index (χ3n) is 5.14. The number of pyridine rings is 2. The summed E-state index contributed by atoms with van der Waals surface area (Å²) in [5.41, 5.74) is 2.49. The zero-order valence-corrected chi connectivity index (χ0v) is 19.4. The molecule has 3 aromatic rings. The number of rotatable bonds is 10. The Morgan fingerprint density at radius 1 is 1.32 bits per heavy atom. The minimum Gasteiger partial charge on any atom is -0.482 e. The van der Waals surface area contributed by atoms with Crippen molar-refractivity contribution in [3.05, 3.63) is 55.0 Å². The molecule has 0 bridgehead atoms. The van der Waals surface area contributed by atoms with Crippen LogP contribution in [-0.4, -0.2) is 65.1 Å². The quantitative estimate of drug-likeness (QED) is 0.350. The highest BCUT2D eigenvalue weighted by Gasteiger charge is 2.15. The second-order valence-electron chi connectivity index (χ2n) is 7.80. The van der Waals surface area contributed by atoms with Gasteiger partial charge >= 0.3 is 0 Å². The average molecular weight is 462 g/mol. The molecular weight excluding hydrogens is 434 g/mol. The molecule has 3 heterocycles. The minimum absolute atomic E-state index is 0.0763. The first-order chi connectivity index (χ1) is 16.3. The second-order valence-corrected chi connectivity index (χ2v) is 7.80. The number of nitrogens with one attached hydrogen (secondary N) is 2. The van der Waals surface area contributed by atoms with E-state index >= 15 is 0 Å². The van der Waals surface area contributed by atoms with Gasteiger partial charge in [-0.05, 0) is 18.2 Å². The summed E-state index contributed by atoms with van der Waals surface area (Å²) in [7, 11) is 3.31. The van der Waals surface area contributed by atoms with Crippen molar-refractivity contribution in [2.24, 2.45) is 5.92 Å². The fourth-order valence-corrected chi connectivity index (χ4v) is 3.05. The molecule has 0 radical (unpaired) electrons. The van der Waals surface area contributed by atoms with Gasteiger partial charge in [0.25, 0.3) is 5.91 Å². The molecule has 0 fully saturated rings. The van der Waals surface area contributed by atoms with Gasteiger partial charge in [0.2, 0.25) is 5.91 Å². The van der Waals surface area contributed by atoms with Gasteiger partial charge in [-0.25, -0.2) is 9.50 Å². The molecule has 10 nitrogen and oxygen atoms in total. The molecule has 3 rings (SSSR count). The maximum atomic E-state index is 11.9. The number of carbonyl (C=O) groups excluding carboxylic acids is 2. The molecule has 34 heavy (non-hydrogen) atoms.